The van der Waals surface area contributed by atoms with Crippen molar-refractivity contribution in [3.8, 4) is 11.3 Å². The van der Waals surface area contributed by atoms with Gasteiger partial charge in [0.2, 0.25) is 11.8 Å². The highest BCUT2D eigenvalue weighted by Crippen LogP contribution is 2.28. The highest BCUT2D eigenvalue weighted by atomic mass is 16.2. The van der Waals surface area contributed by atoms with Gasteiger partial charge < -0.3 is 20.4 Å². The van der Waals surface area contributed by atoms with E-state index >= 15 is 0 Å². The summed E-state index contributed by atoms with van der Waals surface area (Å²) >= 11 is 0. The molecule has 0 aliphatic carbocycles. The van der Waals surface area contributed by atoms with E-state index in [4.69, 9.17) is 4.98 Å². The molecule has 8 heterocycles. The van der Waals surface area contributed by atoms with Crippen LogP contribution in [0, 0.1) is 11.8 Å². The van der Waals surface area contributed by atoms with Gasteiger partial charge in [0.25, 0.3) is 11.8 Å². The first-order valence-corrected chi connectivity index (χ1v) is 23.1. The number of benzene rings is 1. The maximum atomic E-state index is 13.5. The summed E-state index contributed by atoms with van der Waals surface area (Å²) in [6, 6.07) is 19.7. The fraction of sp³-hybridized carbons (Fsp3) is 0.440. The number of hydrogen-bond donors (Lipinski definition) is 2. The number of amides is 4. The van der Waals surface area contributed by atoms with Crippen LogP contribution in [-0.2, 0) is 22.7 Å². The summed E-state index contributed by atoms with van der Waals surface area (Å²) in [5.41, 5.74) is 6.14. The molecule has 4 fully saturated rings. The van der Waals surface area contributed by atoms with Crippen molar-refractivity contribution in [2.75, 3.05) is 52.4 Å². The lowest BCUT2D eigenvalue weighted by Crippen LogP contribution is -2.49. The van der Waals surface area contributed by atoms with Crippen LogP contribution in [0.25, 0.3) is 22.2 Å². The highest BCUT2D eigenvalue weighted by molar-refractivity contribution is 5.98. The van der Waals surface area contributed by atoms with E-state index in [0.717, 1.165) is 118 Å². The second kappa shape index (κ2) is 20.2. The quantitative estimate of drug-likeness (QED) is 0.178. The lowest BCUT2D eigenvalue weighted by molar-refractivity contribution is -0.139. The summed E-state index contributed by atoms with van der Waals surface area (Å²) in [5.74, 6) is 0.348. The lowest BCUT2D eigenvalue weighted by Gasteiger charge is -2.37. The summed E-state index contributed by atoms with van der Waals surface area (Å²) < 4.78 is 0. The lowest BCUT2D eigenvalue weighted by atomic mass is 9.93. The molecule has 1 aromatic carbocycles. The van der Waals surface area contributed by atoms with Crippen LogP contribution in [0.1, 0.15) is 83.2 Å². The summed E-state index contributed by atoms with van der Waals surface area (Å²) in [5, 5.41) is 7.20. The summed E-state index contributed by atoms with van der Waals surface area (Å²) in [4.78, 5) is 79.3. The Hall–Kier alpha value is -6.12. The molecule has 0 saturated carbocycles. The highest BCUT2D eigenvalue weighted by Gasteiger charge is 2.33. The van der Waals surface area contributed by atoms with Gasteiger partial charge >= 0.3 is 0 Å². The first-order valence-electron chi connectivity index (χ1n) is 23.1. The predicted octanol–water partition coefficient (Wildman–Crippen LogP) is 5.35. The van der Waals surface area contributed by atoms with Crippen molar-refractivity contribution < 1.29 is 19.2 Å². The Balaban J connectivity index is 0.721. The fourth-order valence-electron chi connectivity index (χ4n) is 9.87. The Morgan fingerprint density at radius 3 is 1.61 bits per heavy atom. The largest absolute Gasteiger partial charge is 0.349 e. The fourth-order valence-corrected chi connectivity index (χ4v) is 9.87. The standard InChI is InChI=1S/C50H58N10O4/c61-47(37-6-18-52-19-7-37)55-43-12-25-59(26-13-43)50(64)39-10-23-58(24-11-39)34-36-5-20-53-46(29-36)40-1-2-45-41(30-40)31-42(32-54-45)48(62)56-44-14-27-60(28-15-44)49(63)38-8-21-57(22-9-38)33-35-3-16-51-17-4-35/h1-7,16-20,29-32,38-39,43-44H,8-15,21-28,33-34H2,(H,55,61)(H,56,62). The Bertz CT molecular complexity index is 2400. The summed E-state index contributed by atoms with van der Waals surface area (Å²) in [7, 11) is 0. The van der Waals surface area contributed by atoms with E-state index in [1.807, 2.05) is 64.8 Å². The normalized spacial score (nSPS) is 18.8. The SMILES string of the molecule is O=C(NC1CCN(C(=O)C2CCN(Cc3ccnc(-c4ccc5ncc(C(=O)NC6CCN(C(=O)C7CCN(Cc8ccncc8)CC7)CC6)cc5c4)c3)CC2)CC1)c1ccncc1. The Kier molecular flexibility index (Phi) is 13.6. The monoisotopic (exact) mass is 862 g/mol. The van der Waals surface area contributed by atoms with Crippen LogP contribution in [-0.4, -0.2) is 128 Å². The van der Waals surface area contributed by atoms with Crippen LogP contribution >= 0.6 is 0 Å². The van der Waals surface area contributed by atoms with Crippen LogP contribution in [0.2, 0.25) is 0 Å². The molecule has 64 heavy (non-hydrogen) atoms. The van der Waals surface area contributed by atoms with Gasteiger partial charge in [-0.3, -0.25) is 48.9 Å². The van der Waals surface area contributed by atoms with E-state index in [1.165, 1.54) is 5.56 Å². The number of carbonyl (C=O) groups excluding carboxylic acids is 4. The molecule has 0 spiro atoms. The zero-order chi connectivity index (χ0) is 43.8. The molecule has 4 amide bonds. The third-order valence-electron chi connectivity index (χ3n) is 13.7. The number of piperidine rings is 4. The molecule has 5 aromatic rings. The molecular formula is C50H58N10O4. The van der Waals surface area contributed by atoms with Gasteiger partial charge in [-0.2, -0.15) is 0 Å². The van der Waals surface area contributed by atoms with E-state index in [1.54, 1.807) is 30.7 Å². The minimum absolute atomic E-state index is 0.00245. The van der Waals surface area contributed by atoms with Gasteiger partial charge in [-0.25, -0.2) is 0 Å². The molecular weight excluding hydrogens is 805 g/mol. The third kappa shape index (κ3) is 10.6. The van der Waals surface area contributed by atoms with Crippen LogP contribution < -0.4 is 10.6 Å². The average Bonchev–Trinajstić information content (AvgIpc) is 3.35. The molecule has 0 bridgehead atoms. The molecule has 0 radical (unpaired) electrons. The number of nitrogens with zero attached hydrogens (tertiary/aromatic N) is 8. The number of aromatic nitrogens is 4. The van der Waals surface area contributed by atoms with Crippen LogP contribution in [0.15, 0.2) is 97.8 Å². The summed E-state index contributed by atoms with van der Waals surface area (Å²) in [6.45, 7) is 7.85. The number of nitrogens with one attached hydrogen (secondary N) is 2. The average molecular weight is 863 g/mol. The zero-order valence-electron chi connectivity index (χ0n) is 36.5. The van der Waals surface area contributed by atoms with Gasteiger partial charge in [0.15, 0.2) is 0 Å². The molecule has 4 saturated heterocycles. The zero-order valence-corrected chi connectivity index (χ0v) is 36.5. The van der Waals surface area contributed by atoms with Crippen molar-refractivity contribution in [3.63, 3.8) is 0 Å². The smallest absolute Gasteiger partial charge is 0.253 e. The van der Waals surface area contributed by atoms with Crippen molar-refractivity contribution in [3.05, 3.63) is 120 Å². The first-order chi connectivity index (χ1) is 31.3. The third-order valence-corrected chi connectivity index (χ3v) is 13.7. The molecule has 0 unspecified atom stereocenters. The van der Waals surface area contributed by atoms with E-state index < -0.39 is 0 Å². The van der Waals surface area contributed by atoms with Gasteiger partial charge in [0.05, 0.1) is 16.8 Å². The molecule has 14 heteroatoms. The minimum atomic E-state index is -0.149. The van der Waals surface area contributed by atoms with Gasteiger partial charge in [0.1, 0.15) is 0 Å². The maximum Gasteiger partial charge on any atom is 0.253 e. The van der Waals surface area contributed by atoms with Crippen LogP contribution in [0.4, 0.5) is 0 Å². The number of pyridine rings is 4. The van der Waals surface area contributed by atoms with Gasteiger partial charge in [-0.15, -0.1) is 0 Å². The topological polar surface area (TPSA) is 157 Å². The number of hydrogen-bond acceptors (Lipinski definition) is 10. The molecule has 332 valence electrons. The van der Waals surface area contributed by atoms with Crippen LogP contribution in [0.3, 0.4) is 0 Å². The Morgan fingerprint density at radius 2 is 1.03 bits per heavy atom. The first kappa shape index (κ1) is 43.1. The van der Waals surface area contributed by atoms with E-state index in [2.05, 4.69) is 47.5 Å². The molecule has 2 N–H and O–H groups in total. The van der Waals surface area contributed by atoms with Crippen LogP contribution in [0.5, 0.6) is 0 Å². The molecule has 4 aliphatic heterocycles. The van der Waals surface area contributed by atoms with E-state index in [0.29, 0.717) is 37.3 Å². The Morgan fingerprint density at radius 1 is 0.516 bits per heavy atom. The molecule has 4 aliphatic rings. The second-order valence-electron chi connectivity index (χ2n) is 18.0. The maximum absolute atomic E-state index is 13.5. The number of fused-ring (bicyclic) bond motifs is 1. The van der Waals surface area contributed by atoms with Crippen molar-refractivity contribution >= 4 is 34.5 Å². The van der Waals surface area contributed by atoms with Gasteiger partial charge in [-0.05, 0) is 143 Å². The van der Waals surface area contributed by atoms with Gasteiger partial charge in [0, 0.05) is 117 Å². The molecule has 0 atom stereocenters. The molecule has 9 rings (SSSR count). The molecule has 4 aromatic heterocycles. The van der Waals surface area contributed by atoms with Crippen molar-refractivity contribution in [2.45, 2.75) is 76.5 Å². The molecule has 14 nitrogen and oxygen atoms in total. The van der Waals surface area contributed by atoms with Crippen molar-refractivity contribution in [1.82, 2.24) is 50.2 Å². The minimum Gasteiger partial charge on any atom is -0.349 e. The number of rotatable bonds is 11. The Labute approximate surface area is 374 Å². The van der Waals surface area contributed by atoms with Crippen molar-refractivity contribution in [2.24, 2.45) is 11.8 Å². The van der Waals surface area contributed by atoms with E-state index in [9.17, 15) is 19.2 Å². The number of likely N-dealkylation sites (tertiary alicyclic amines) is 4. The number of carbonyl (C=O) groups is 4. The van der Waals surface area contributed by atoms with Gasteiger partial charge in [-0.1, -0.05) is 6.07 Å². The van der Waals surface area contributed by atoms with Crippen molar-refractivity contribution in [1.29, 1.82) is 0 Å². The van der Waals surface area contributed by atoms with E-state index in [-0.39, 0.29) is 47.5 Å². The second-order valence-corrected chi connectivity index (χ2v) is 18.0. The predicted molar refractivity (Wildman–Crippen MR) is 244 cm³/mol. The summed E-state index contributed by atoms with van der Waals surface area (Å²) in [6.07, 6.45) is 16.8.